The lowest BCUT2D eigenvalue weighted by Crippen LogP contribution is -2.70. The molecular weight excluding hydrogens is 502 g/mol. The van der Waals surface area contributed by atoms with E-state index in [9.17, 15) is 20.1 Å². The minimum absolute atomic E-state index is 0.0116. The predicted octanol–water partition coefficient (Wildman–Crippen LogP) is 5.27. The van der Waals surface area contributed by atoms with Crippen LogP contribution in [0.15, 0.2) is 0 Å². The van der Waals surface area contributed by atoms with Gasteiger partial charge in [0.25, 0.3) is 0 Å². The molecule has 2 fully saturated rings. The average molecular weight is 561 g/mol. The van der Waals surface area contributed by atoms with Gasteiger partial charge in [0.2, 0.25) is 0 Å². The van der Waals surface area contributed by atoms with Gasteiger partial charge in [-0.15, -0.1) is 0 Å². The number of rotatable bonds is 22. The van der Waals surface area contributed by atoms with E-state index >= 15 is 0 Å². The summed E-state index contributed by atoms with van der Waals surface area (Å²) in [5.74, 6) is -1.25. The van der Waals surface area contributed by atoms with Gasteiger partial charge in [-0.05, 0) is 12.8 Å². The van der Waals surface area contributed by atoms with Crippen LogP contribution in [0.25, 0.3) is 0 Å². The third-order valence-corrected chi connectivity index (χ3v) is 11.0. The standard InChI is InChI=1S/C29H57NO7Si/c1-4-5-6-7-8-9-10-11-12-13-14-15-16-17-18-19-21-30(2,3)22-20-23-38-35-24-25(31)27(36-38)26(32)28(37-38)29(33)34/h25-28,31-32H,4-24H2,1-3H3/p+1/t25-,26+,27-,28-,38?/m1/s1. The molecule has 38 heavy (non-hydrogen) atoms. The average Bonchev–Trinajstić information content (AvgIpc) is 2.87. The van der Waals surface area contributed by atoms with Gasteiger partial charge in [0.15, 0.2) is 6.10 Å². The minimum Gasteiger partial charge on any atom is -0.479 e. The number of carboxylic acid groups (broad SMARTS) is 1. The Morgan fingerprint density at radius 1 is 0.763 bits per heavy atom. The summed E-state index contributed by atoms with van der Waals surface area (Å²) in [6.07, 6.45) is 17.9. The SMILES string of the molecule is CCCCCCCCCCCCCCCCCC[N+](C)(C)CCC[Si]12OC[C@@H](O)[C@@H](O1)[C@H](O)[C@H](C(=O)O)O2. The van der Waals surface area contributed by atoms with Crippen LogP contribution in [-0.4, -0.2) is 92.8 Å². The quantitative estimate of drug-likeness (QED) is 0.0940. The summed E-state index contributed by atoms with van der Waals surface area (Å²) in [5.41, 5.74) is 0. The zero-order valence-electron chi connectivity index (χ0n) is 24.6. The van der Waals surface area contributed by atoms with Gasteiger partial charge in [-0.25, -0.2) is 4.79 Å². The van der Waals surface area contributed by atoms with E-state index in [1.807, 2.05) is 0 Å². The van der Waals surface area contributed by atoms with Gasteiger partial charge in [-0.3, -0.25) is 0 Å². The molecular formula is C29H58NO7Si+. The number of aliphatic hydroxyl groups excluding tert-OH is 2. The van der Waals surface area contributed by atoms with E-state index in [1.165, 1.54) is 103 Å². The normalized spacial score (nSPS) is 27.5. The van der Waals surface area contributed by atoms with Crippen molar-refractivity contribution in [1.82, 2.24) is 0 Å². The molecule has 2 aliphatic heterocycles. The second-order valence-electron chi connectivity index (χ2n) is 12.3. The highest BCUT2D eigenvalue weighted by atomic mass is 28.4. The van der Waals surface area contributed by atoms with Crippen molar-refractivity contribution in [1.29, 1.82) is 0 Å². The molecule has 9 heteroatoms. The first-order chi connectivity index (χ1) is 18.2. The first kappa shape index (κ1) is 33.7. The maximum atomic E-state index is 11.5. The zero-order valence-corrected chi connectivity index (χ0v) is 25.6. The van der Waals surface area contributed by atoms with Gasteiger partial charge in [-0.1, -0.05) is 96.8 Å². The number of fused-ring (bicyclic) bond motifs is 2. The van der Waals surface area contributed by atoms with Crippen molar-refractivity contribution < 1.29 is 37.9 Å². The van der Waals surface area contributed by atoms with Crippen LogP contribution in [0.3, 0.4) is 0 Å². The van der Waals surface area contributed by atoms with Crippen molar-refractivity contribution in [2.75, 3.05) is 33.8 Å². The molecule has 0 radical (unpaired) electrons. The highest BCUT2D eigenvalue weighted by molar-refractivity contribution is 6.61. The van der Waals surface area contributed by atoms with Crippen LogP contribution < -0.4 is 0 Å². The van der Waals surface area contributed by atoms with Gasteiger partial charge in [-0.2, -0.15) is 0 Å². The summed E-state index contributed by atoms with van der Waals surface area (Å²) in [5, 5.41) is 29.8. The number of unbranched alkanes of at least 4 members (excludes halogenated alkanes) is 15. The summed E-state index contributed by atoms with van der Waals surface area (Å²) in [4.78, 5) is 11.5. The predicted molar refractivity (Wildman–Crippen MR) is 152 cm³/mol. The highest BCUT2D eigenvalue weighted by Gasteiger charge is 2.59. The highest BCUT2D eigenvalue weighted by Crippen LogP contribution is 2.35. The lowest BCUT2D eigenvalue weighted by Gasteiger charge is -2.48. The van der Waals surface area contributed by atoms with E-state index in [4.69, 9.17) is 13.3 Å². The molecule has 0 aromatic rings. The number of aliphatic carboxylic acids is 1. The van der Waals surface area contributed by atoms with Crippen molar-refractivity contribution in [3.63, 3.8) is 0 Å². The number of quaternary nitrogens is 1. The van der Waals surface area contributed by atoms with Crippen LogP contribution in [0.5, 0.6) is 0 Å². The molecule has 2 heterocycles. The third-order valence-electron chi connectivity index (χ3n) is 8.23. The van der Waals surface area contributed by atoms with Gasteiger partial charge in [0, 0.05) is 12.5 Å². The van der Waals surface area contributed by atoms with E-state index in [0.29, 0.717) is 6.04 Å². The second-order valence-corrected chi connectivity index (χ2v) is 14.9. The summed E-state index contributed by atoms with van der Waals surface area (Å²) in [7, 11) is 1.23. The number of hydrogen-bond acceptors (Lipinski definition) is 6. The molecule has 2 aliphatic rings. The van der Waals surface area contributed by atoms with Gasteiger partial charge in [0.1, 0.15) is 18.3 Å². The maximum absolute atomic E-state index is 11.5. The first-order valence-corrected chi connectivity index (χ1v) is 17.5. The van der Waals surface area contributed by atoms with Crippen LogP contribution in [0.4, 0.5) is 0 Å². The minimum atomic E-state index is -3.23. The van der Waals surface area contributed by atoms with Crippen LogP contribution in [0.1, 0.15) is 116 Å². The lowest BCUT2D eigenvalue weighted by atomic mass is 10.0. The monoisotopic (exact) mass is 560 g/mol. The van der Waals surface area contributed by atoms with E-state index in [-0.39, 0.29) is 6.61 Å². The van der Waals surface area contributed by atoms with E-state index in [1.54, 1.807) is 0 Å². The van der Waals surface area contributed by atoms with Crippen molar-refractivity contribution in [3.05, 3.63) is 0 Å². The van der Waals surface area contributed by atoms with Crippen LogP contribution in [0.2, 0.25) is 6.04 Å². The molecule has 0 aliphatic carbocycles. The summed E-state index contributed by atoms with van der Waals surface area (Å²) < 4.78 is 18.2. The molecule has 0 saturated carbocycles. The van der Waals surface area contributed by atoms with Gasteiger partial charge >= 0.3 is 14.8 Å². The number of carbonyl (C=O) groups is 1. The van der Waals surface area contributed by atoms with E-state index in [2.05, 4.69) is 21.0 Å². The zero-order chi connectivity index (χ0) is 27.9. The Hall–Kier alpha value is -0.553. The Kier molecular flexibility index (Phi) is 15.9. The molecule has 3 N–H and O–H groups in total. The molecule has 2 saturated heterocycles. The molecule has 0 aromatic heterocycles. The fraction of sp³-hybridized carbons (Fsp3) is 0.966. The van der Waals surface area contributed by atoms with Gasteiger partial charge < -0.3 is 33.1 Å². The molecule has 0 aromatic carbocycles. The Morgan fingerprint density at radius 3 is 1.74 bits per heavy atom. The Morgan fingerprint density at radius 2 is 1.24 bits per heavy atom. The summed E-state index contributed by atoms with van der Waals surface area (Å²) >= 11 is 0. The fourth-order valence-electron chi connectivity index (χ4n) is 5.73. The van der Waals surface area contributed by atoms with Gasteiger partial charge in [0.05, 0.1) is 33.8 Å². The lowest BCUT2D eigenvalue weighted by molar-refractivity contribution is -0.890. The second kappa shape index (κ2) is 18.0. The number of aliphatic hydroxyl groups is 2. The van der Waals surface area contributed by atoms with Crippen LogP contribution in [-0.2, 0) is 18.1 Å². The third kappa shape index (κ3) is 12.3. The topological polar surface area (TPSA) is 105 Å². The summed E-state index contributed by atoms with van der Waals surface area (Å²) in [6.45, 7) is 4.31. The van der Waals surface area contributed by atoms with E-state index in [0.717, 1.165) is 24.0 Å². The molecule has 2 rings (SSSR count). The Bertz CT molecular complexity index is 652. The largest absolute Gasteiger partial charge is 0.502 e. The Labute approximate surface area is 233 Å². The van der Waals surface area contributed by atoms with Crippen molar-refractivity contribution in [2.24, 2.45) is 0 Å². The number of carboxylic acids is 1. The molecule has 2 bridgehead atoms. The Balaban J connectivity index is 1.48. The first-order valence-electron chi connectivity index (χ1n) is 15.6. The van der Waals surface area contributed by atoms with Crippen LogP contribution in [0, 0.1) is 0 Å². The molecule has 0 spiro atoms. The van der Waals surface area contributed by atoms with Crippen molar-refractivity contribution in [3.8, 4) is 0 Å². The van der Waals surface area contributed by atoms with Crippen LogP contribution >= 0.6 is 0 Å². The molecule has 224 valence electrons. The van der Waals surface area contributed by atoms with Crippen molar-refractivity contribution in [2.45, 2.75) is 147 Å². The maximum Gasteiger partial charge on any atom is 0.502 e. The fourth-order valence-corrected chi connectivity index (χ4v) is 8.66. The molecule has 0 amide bonds. The molecule has 1 unspecified atom stereocenters. The van der Waals surface area contributed by atoms with E-state index < -0.39 is 39.2 Å². The number of nitrogens with zero attached hydrogens (tertiary/aromatic N) is 1. The smallest absolute Gasteiger partial charge is 0.479 e. The molecule has 8 nitrogen and oxygen atoms in total. The van der Waals surface area contributed by atoms with Crippen molar-refractivity contribution >= 4 is 14.8 Å². The molecule has 5 atom stereocenters. The number of hydrogen-bond donors (Lipinski definition) is 3. The summed E-state index contributed by atoms with van der Waals surface area (Å²) in [6, 6.07) is 0.493.